The third kappa shape index (κ3) is 5.64. The van der Waals surface area contributed by atoms with Crippen molar-refractivity contribution in [3.8, 4) is 0 Å². The Balaban J connectivity index is 1.51. The molecule has 1 saturated heterocycles. The monoisotopic (exact) mass is 369 g/mol. The molecular formula is C20H27N5O2. The molecule has 0 amide bonds. The molecule has 0 N–H and O–H groups in total. The molecule has 0 saturated carbocycles. The maximum absolute atomic E-state index is 11.9. The summed E-state index contributed by atoms with van der Waals surface area (Å²) in [6.07, 6.45) is 9.29. The van der Waals surface area contributed by atoms with Gasteiger partial charge in [-0.15, -0.1) is 5.10 Å². The summed E-state index contributed by atoms with van der Waals surface area (Å²) in [5, 5.41) is 11.4. The van der Waals surface area contributed by atoms with E-state index >= 15 is 0 Å². The molecule has 0 unspecified atom stereocenters. The van der Waals surface area contributed by atoms with Crippen LogP contribution in [0.25, 0.3) is 6.08 Å². The Morgan fingerprint density at radius 1 is 1.15 bits per heavy atom. The van der Waals surface area contributed by atoms with E-state index in [-0.39, 0.29) is 6.61 Å². The lowest BCUT2D eigenvalue weighted by molar-refractivity contribution is -0.139. The lowest BCUT2D eigenvalue weighted by atomic mass is 10.1. The van der Waals surface area contributed by atoms with Gasteiger partial charge in [-0.05, 0) is 53.5 Å². The highest BCUT2D eigenvalue weighted by molar-refractivity contribution is 5.87. The number of tetrazole rings is 1. The Morgan fingerprint density at radius 3 is 2.59 bits per heavy atom. The van der Waals surface area contributed by atoms with Crippen molar-refractivity contribution in [2.45, 2.75) is 52.2 Å². The second-order valence-corrected chi connectivity index (χ2v) is 6.75. The number of aromatic nitrogens is 4. The highest BCUT2D eigenvalue weighted by atomic mass is 16.5. The third-order valence-corrected chi connectivity index (χ3v) is 4.66. The summed E-state index contributed by atoms with van der Waals surface area (Å²) < 4.78 is 6.88. The minimum atomic E-state index is -0.405. The molecule has 0 aliphatic carbocycles. The molecule has 0 bridgehead atoms. The summed E-state index contributed by atoms with van der Waals surface area (Å²) in [5.74, 6) is 0.151. The van der Waals surface area contributed by atoms with Crippen molar-refractivity contribution in [3.63, 3.8) is 0 Å². The van der Waals surface area contributed by atoms with Crippen LogP contribution in [0.15, 0.2) is 30.3 Å². The van der Waals surface area contributed by atoms with Crippen molar-refractivity contribution in [2.75, 3.05) is 18.0 Å². The van der Waals surface area contributed by atoms with Crippen molar-refractivity contribution in [3.05, 3.63) is 41.7 Å². The average molecular weight is 369 g/mol. The van der Waals surface area contributed by atoms with E-state index in [1.54, 1.807) is 10.8 Å². The second-order valence-electron chi connectivity index (χ2n) is 6.75. The van der Waals surface area contributed by atoms with Crippen molar-refractivity contribution >= 4 is 17.7 Å². The second kappa shape index (κ2) is 9.85. The average Bonchev–Trinajstić information content (AvgIpc) is 2.96. The molecule has 7 heteroatoms. The molecule has 1 aromatic heterocycles. The van der Waals surface area contributed by atoms with Crippen LogP contribution in [0.2, 0.25) is 0 Å². The molecule has 2 aromatic rings. The molecule has 2 heterocycles. The zero-order chi connectivity index (χ0) is 18.9. The summed E-state index contributed by atoms with van der Waals surface area (Å²) in [6, 6.07) is 8.31. The number of ether oxygens (including phenoxy) is 1. The Bertz CT molecular complexity index is 746. The van der Waals surface area contributed by atoms with Crippen LogP contribution in [0.1, 0.15) is 50.4 Å². The van der Waals surface area contributed by atoms with Gasteiger partial charge in [0.05, 0.1) is 0 Å². The number of esters is 1. The van der Waals surface area contributed by atoms with Gasteiger partial charge in [-0.2, -0.15) is 0 Å². The summed E-state index contributed by atoms with van der Waals surface area (Å²) in [6.45, 7) is 5.07. The van der Waals surface area contributed by atoms with Crippen LogP contribution in [-0.4, -0.2) is 39.3 Å². The fourth-order valence-corrected chi connectivity index (χ4v) is 3.19. The van der Waals surface area contributed by atoms with Gasteiger partial charge in [0.25, 0.3) is 0 Å². The minimum absolute atomic E-state index is 0.0735. The summed E-state index contributed by atoms with van der Waals surface area (Å²) >= 11 is 0. The number of benzene rings is 1. The first-order chi connectivity index (χ1) is 13.3. The van der Waals surface area contributed by atoms with Gasteiger partial charge < -0.3 is 9.64 Å². The topological polar surface area (TPSA) is 73.1 Å². The third-order valence-electron chi connectivity index (χ3n) is 4.66. The van der Waals surface area contributed by atoms with Gasteiger partial charge in [-0.3, -0.25) is 0 Å². The lowest BCUT2D eigenvalue weighted by Crippen LogP contribution is -2.23. The van der Waals surface area contributed by atoms with Gasteiger partial charge in [0, 0.05) is 31.4 Å². The maximum atomic E-state index is 11.9. The molecule has 1 aliphatic heterocycles. The first-order valence-corrected chi connectivity index (χ1v) is 9.71. The van der Waals surface area contributed by atoms with Crippen LogP contribution in [0.3, 0.4) is 0 Å². The Labute approximate surface area is 160 Å². The number of carbonyl (C=O) groups is 1. The first kappa shape index (κ1) is 19.1. The van der Waals surface area contributed by atoms with E-state index in [1.807, 2.05) is 19.1 Å². The highest BCUT2D eigenvalue weighted by Gasteiger charge is 2.10. The minimum Gasteiger partial charge on any atom is -0.454 e. The molecule has 7 nitrogen and oxygen atoms in total. The molecule has 27 heavy (non-hydrogen) atoms. The summed E-state index contributed by atoms with van der Waals surface area (Å²) in [4.78, 5) is 14.4. The molecule has 1 aliphatic rings. The van der Waals surface area contributed by atoms with Gasteiger partial charge >= 0.3 is 5.97 Å². The SMILES string of the molecule is CCCn1nnnc1COC(=O)/C=C/c1ccc(N2CCCCCC2)cc1. The zero-order valence-corrected chi connectivity index (χ0v) is 15.9. The lowest BCUT2D eigenvalue weighted by Gasteiger charge is -2.22. The molecule has 1 fully saturated rings. The first-order valence-electron chi connectivity index (χ1n) is 9.71. The number of rotatable bonds is 7. The van der Waals surface area contributed by atoms with Crippen molar-refractivity contribution in [1.82, 2.24) is 20.2 Å². The normalized spacial score (nSPS) is 15.1. The number of anilines is 1. The van der Waals surface area contributed by atoms with Crippen LogP contribution >= 0.6 is 0 Å². The van der Waals surface area contributed by atoms with E-state index in [0.717, 1.165) is 25.1 Å². The number of hydrogen-bond acceptors (Lipinski definition) is 6. The fraction of sp³-hybridized carbons (Fsp3) is 0.500. The Hall–Kier alpha value is -2.70. The smallest absolute Gasteiger partial charge is 0.331 e. The Morgan fingerprint density at radius 2 is 1.89 bits per heavy atom. The summed E-state index contributed by atoms with van der Waals surface area (Å²) in [7, 11) is 0. The number of aryl methyl sites for hydroxylation is 1. The van der Waals surface area contributed by atoms with Crippen LogP contribution in [0, 0.1) is 0 Å². The molecule has 0 radical (unpaired) electrons. The predicted molar refractivity (Wildman–Crippen MR) is 104 cm³/mol. The number of nitrogens with zero attached hydrogens (tertiary/aromatic N) is 5. The van der Waals surface area contributed by atoms with Gasteiger partial charge in [-0.25, -0.2) is 9.48 Å². The zero-order valence-electron chi connectivity index (χ0n) is 15.9. The van der Waals surface area contributed by atoms with Gasteiger partial charge in [0.15, 0.2) is 12.4 Å². The number of hydrogen-bond donors (Lipinski definition) is 0. The molecular weight excluding hydrogens is 342 g/mol. The van der Waals surface area contributed by atoms with Crippen LogP contribution in [-0.2, 0) is 22.7 Å². The van der Waals surface area contributed by atoms with Crippen molar-refractivity contribution in [2.24, 2.45) is 0 Å². The fourth-order valence-electron chi connectivity index (χ4n) is 3.19. The summed E-state index contributed by atoms with van der Waals surface area (Å²) in [5.41, 5.74) is 2.22. The van der Waals surface area contributed by atoms with E-state index in [9.17, 15) is 4.79 Å². The number of carbonyl (C=O) groups excluding carboxylic acids is 1. The van der Waals surface area contributed by atoms with E-state index in [4.69, 9.17) is 4.74 Å². The van der Waals surface area contributed by atoms with E-state index in [2.05, 4.69) is 32.6 Å². The maximum Gasteiger partial charge on any atom is 0.331 e. The molecule has 3 rings (SSSR count). The van der Waals surface area contributed by atoms with E-state index in [0.29, 0.717) is 12.4 Å². The van der Waals surface area contributed by atoms with Gasteiger partial charge in [-0.1, -0.05) is 31.9 Å². The van der Waals surface area contributed by atoms with Crippen molar-refractivity contribution in [1.29, 1.82) is 0 Å². The quantitative estimate of drug-likeness (QED) is 0.551. The van der Waals surface area contributed by atoms with Crippen LogP contribution < -0.4 is 4.90 Å². The molecule has 0 spiro atoms. The van der Waals surface area contributed by atoms with Crippen LogP contribution in [0.5, 0.6) is 0 Å². The molecule has 1 aromatic carbocycles. The standard InChI is InChI=1S/C20H27N5O2/c1-2-13-25-19(21-22-23-25)16-27-20(26)12-9-17-7-10-18(11-8-17)24-14-5-3-4-6-15-24/h7-12H,2-6,13-16H2,1H3/b12-9+. The predicted octanol–water partition coefficient (Wildman–Crippen LogP) is 3.22. The van der Waals surface area contributed by atoms with Crippen molar-refractivity contribution < 1.29 is 9.53 Å². The van der Waals surface area contributed by atoms with E-state index < -0.39 is 5.97 Å². The van der Waals surface area contributed by atoms with Crippen LogP contribution in [0.4, 0.5) is 5.69 Å². The van der Waals surface area contributed by atoms with Gasteiger partial charge in [0.1, 0.15) is 0 Å². The Kier molecular flexibility index (Phi) is 6.96. The molecule has 144 valence electrons. The largest absolute Gasteiger partial charge is 0.454 e. The van der Waals surface area contributed by atoms with E-state index in [1.165, 1.54) is 37.4 Å². The van der Waals surface area contributed by atoms with Gasteiger partial charge in [0.2, 0.25) is 0 Å². The highest BCUT2D eigenvalue weighted by Crippen LogP contribution is 2.20. The molecule has 0 atom stereocenters.